The quantitative estimate of drug-likeness (QED) is 0.658. The van der Waals surface area contributed by atoms with Gasteiger partial charge in [0.15, 0.2) is 0 Å². The molecule has 0 atom stereocenters. The normalized spacial score (nSPS) is 12.4. The van der Waals surface area contributed by atoms with Gasteiger partial charge in [-0.15, -0.1) is 0 Å². The SMILES string of the molecule is O=C(NCc1cccc(OCc2ccccn2)c1)C1=Cc2cc(Cl)ccc2OC1. The summed E-state index contributed by atoms with van der Waals surface area (Å²) in [5.41, 5.74) is 3.16. The molecule has 6 heteroatoms. The molecule has 2 heterocycles. The van der Waals surface area contributed by atoms with Crippen LogP contribution in [0.5, 0.6) is 11.5 Å². The van der Waals surface area contributed by atoms with Crippen LogP contribution in [0, 0.1) is 0 Å². The highest BCUT2D eigenvalue weighted by Crippen LogP contribution is 2.29. The second kappa shape index (κ2) is 8.80. The number of ether oxygens (including phenoxy) is 2. The second-order valence-electron chi connectivity index (χ2n) is 6.58. The van der Waals surface area contributed by atoms with E-state index in [0.717, 1.165) is 28.3 Å². The van der Waals surface area contributed by atoms with E-state index in [9.17, 15) is 4.79 Å². The van der Waals surface area contributed by atoms with Crippen molar-refractivity contribution >= 4 is 23.6 Å². The highest BCUT2D eigenvalue weighted by molar-refractivity contribution is 6.30. The number of nitrogens with one attached hydrogen (secondary N) is 1. The van der Waals surface area contributed by atoms with Crippen molar-refractivity contribution in [2.45, 2.75) is 13.2 Å². The zero-order valence-corrected chi connectivity index (χ0v) is 16.4. The highest BCUT2D eigenvalue weighted by atomic mass is 35.5. The molecular weight excluding hydrogens is 388 g/mol. The summed E-state index contributed by atoms with van der Waals surface area (Å²) in [4.78, 5) is 16.8. The van der Waals surface area contributed by atoms with Crippen molar-refractivity contribution in [2.24, 2.45) is 0 Å². The lowest BCUT2D eigenvalue weighted by molar-refractivity contribution is -0.117. The molecule has 0 aliphatic carbocycles. The van der Waals surface area contributed by atoms with Gasteiger partial charge in [0.2, 0.25) is 0 Å². The summed E-state index contributed by atoms with van der Waals surface area (Å²) < 4.78 is 11.4. The molecule has 0 saturated carbocycles. The Kier molecular flexibility index (Phi) is 5.77. The van der Waals surface area contributed by atoms with Gasteiger partial charge in [-0.2, -0.15) is 0 Å². The number of amides is 1. The number of carbonyl (C=O) groups excluding carboxylic acids is 1. The number of hydrogen-bond donors (Lipinski definition) is 1. The molecule has 0 radical (unpaired) electrons. The zero-order chi connectivity index (χ0) is 20.1. The highest BCUT2D eigenvalue weighted by Gasteiger charge is 2.17. The van der Waals surface area contributed by atoms with Gasteiger partial charge in [-0.05, 0) is 54.1 Å². The molecule has 29 heavy (non-hydrogen) atoms. The van der Waals surface area contributed by atoms with Gasteiger partial charge in [-0.1, -0.05) is 29.8 Å². The van der Waals surface area contributed by atoms with E-state index >= 15 is 0 Å². The van der Waals surface area contributed by atoms with Gasteiger partial charge in [-0.25, -0.2) is 0 Å². The predicted octanol–water partition coefficient (Wildman–Crippen LogP) is 4.41. The predicted molar refractivity (Wildman–Crippen MR) is 112 cm³/mol. The van der Waals surface area contributed by atoms with Crippen molar-refractivity contribution in [3.8, 4) is 11.5 Å². The summed E-state index contributed by atoms with van der Waals surface area (Å²) in [6, 6.07) is 18.7. The average molecular weight is 407 g/mol. The Morgan fingerprint density at radius 1 is 1.14 bits per heavy atom. The number of aromatic nitrogens is 1. The van der Waals surface area contributed by atoms with Crippen molar-refractivity contribution in [2.75, 3.05) is 6.61 Å². The maximum absolute atomic E-state index is 12.5. The number of pyridine rings is 1. The molecular formula is C23H19ClN2O3. The first kappa shape index (κ1) is 19.0. The van der Waals surface area contributed by atoms with Crippen molar-refractivity contribution in [1.29, 1.82) is 0 Å². The first-order chi connectivity index (χ1) is 14.2. The summed E-state index contributed by atoms with van der Waals surface area (Å²) in [6.45, 7) is 1.01. The van der Waals surface area contributed by atoms with Gasteiger partial charge >= 0.3 is 0 Å². The first-order valence-electron chi connectivity index (χ1n) is 9.20. The van der Waals surface area contributed by atoms with Crippen LogP contribution in [-0.2, 0) is 17.9 Å². The van der Waals surface area contributed by atoms with Crippen molar-refractivity contribution in [3.05, 3.63) is 94.3 Å². The summed E-state index contributed by atoms with van der Waals surface area (Å²) >= 11 is 6.02. The Morgan fingerprint density at radius 3 is 2.93 bits per heavy atom. The van der Waals surface area contributed by atoms with E-state index in [2.05, 4.69) is 10.3 Å². The molecule has 0 saturated heterocycles. The van der Waals surface area contributed by atoms with Crippen molar-refractivity contribution < 1.29 is 14.3 Å². The standard InChI is InChI=1S/C23H19ClN2O3/c24-19-7-8-22-17(12-19)11-18(14-29-22)23(27)26-13-16-4-3-6-21(10-16)28-15-20-5-1-2-9-25-20/h1-12H,13-15H2,(H,26,27). The molecule has 1 aliphatic rings. The van der Waals surface area contributed by atoms with Crippen LogP contribution in [0.4, 0.5) is 0 Å². The fraction of sp³-hybridized carbons (Fsp3) is 0.130. The number of fused-ring (bicyclic) bond motifs is 1. The minimum Gasteiger partial charge on any atom is -0.488 e. The summed E-state index contributed by atoms with van der Waals surface area (Å²) in [5, 5.41) is 3.53. The third kappa shape index (κ3) is 4.95. The first-order valence-corrected chi connectivity index (χ1v) is 9.58. The fourth-order valence-electron chi connectivity index (χ4n) is 2.96. The summed E-state index contributed by atoms with van der Waals surface area (Å²) in [7, 11) is 0. The van der Waals surface area contributed by atoms with E-state index in [-0.39, 0.29) is 12.5 Å². The monoisotopic (exact) mass is 406 g/mol. The van der Waals surface area contributed by atoms with Crippen LogP contribution < -0.4 is 14.8 Å². The van der Waals surface area contributed by atoms with Crippen molar-refractivity contribution in [3.63, 3.8) is 0 Å². The van der Waals surface area contributed by atoms with E-state index < -0.39 is 0 Å². The number of carbonyl (C=O) groups is 1. The van der Waals surface area contributed by atoms with Crippen molar-refractivity contribution in [1.82, 2.24) is 10.3 Å². The molecule has 0 bridgehead atoms. The molecule has 5 nitrogen and oxygen atoms in total. The lowest BCUT2D eigenvalue weighted by Crippen LogP contribution is -2.28. The minimum absolute atomic E-state index is 0.171. The van der Waals surface area contributed by atoms with Gasteiger partial charge in [-0.3, -0.25) is 9.78 Å². The van der Waals surface area contributed by atoms with Crippen LogP contribution in [0.15, 0.2) is 72.4 Å². The van der Waals surface area contributed by atoms with E-state index in [1.807, 2.05) is 48.5 Å². The fourth-order valence-corrected chi connectivity index (χ4v) is 3.14. The molecule has 2 aromatic carbocycles. The molecule has 3 aromatic rings. The largest absolute Gasteiger partial charge is 0.488 e. The third-order valence-electron chi connectivity index (χ3n) is 4.44. The Morgan fingerprint density at radius 2 is 2.07 bits per heavy atom. The summed E-state index contributed by atoms with van der Waals surface area (Å²) in [6.07, 6.45) is 3.55. The Hall–Kier alpha value is -3.31. The lowest BCUT2D eigenvalue weighted by atomic mass is 10.1. The van der Waals surface area contributed by atoms with E-state index in [0.29, 0.717) is 23.7 Å². The van der Waals surface area contributed by atoms with Crippen LogP contribution in [0.1, 0.15) is 16.8 Å². The molecule has 1 amide bonds. The average Bonchev–Trinajstić information content (AvgIpc) is 2.76. The Bertz CT molecular complexity index is 1050. The van der Waals surface area contributed by atoms with E-state index in [1.165, 1.54) is 0 Å². The Balaban J connectivity index is 1.36. The van der Waals surface area contributed by atoms with Gasteiger partial charge in [0.05, 0.1) is 11.3 Å². The summed E-state index contributed by atoms with van der Waals surface area (Å²) in [5.74, 6) is 1.28. The van der Waals surface area contributed by atoms with Crippen LogP contribution in [0.2, 0.25) is 5.02 Å². The van der Waals surface area contributed by atoms with Crippen LogP contribution >= 0.6 is 11.6 Å². The minimum atomic E-state index is -0.171. The van der Waals surface area contributed by atoms with E-state index in [4.69, 9.17) is 21.1 Å². The molecule has 146 valence electrons. The number of nitrogens with zero attached hydrogens (tertiary/aromatic N) is 1. The van der Waals surface area contributed by atoms with E-state index in [1.54, 1.807) is 24.4 Å². The molecule has 0 spiro atoms. The number of halogens is 1. The van der Waals surface area contributed by atoms with Gasteiger partial charge < -0.3 is 14.8 Å². The van der Waals surface area contributed by atoms with Crippen LogP contribution in [0.25, 0.3) is 6.08 Å². The zero-order valence-electron chi connectivity index (χ0n) is 15.6. The van der Waals surface area contributed by atoms with Gasteiger partial charge in [0.25, 0.3) is 5.91 Å². The molecule has 1 N–H and O–H groups in total. The topological polar surface area (TPSA) is 60.5 Å². The Labute approximate surface area is 174 Å². The lowest BCUT2D eigenvalue weighted by Gasteiger charge is -2.18. The molecule has 1 aromatic heterocycles. The number of rotatable bonds is 6. The number of benzene rings is 2. The van der Waals surface area contributed by atoms with Crippen LogP contribution in [0.3, 0.4) is 0 Å². The van der Waals surface area contributed by atoms with Crippen LogP contribution in [-0.4, -0.2) is 17.5 Å². The molecule has 0 fully saturated rings. The number of hydrogen-bond acceptors (Lipinski definition) is 4. The molecule has 1 aliphatic heterocycles. The maximum atomic E-state index is 12.5. The third-order valence-corrected chi connectivity index (χ3v) is 4.68. The molecule has 4 rings (SSSR count). The molecule has 0 unspecified atom stereocenters. The maximum Gasteiger partial charge on any atom is 0.250 e. The van der Waals surface area contributed by atoms with Gasteiger partial charge in [0.1, 0.15) is 24.7 Å². The van der Waals surface area contributed by atoms with Gasteiger partial charge in [0, 0.05) is 23.3 Å². The second-order valence-corrected chi connectivity index (χ2v) is 7.02. The smallest absolute Gasteiger partial charge is 0.250 e.